The lowest BCUT2D eigenvalue weighted by atomic mass is 10.3. The summed E-state index contributed by atoms with van der Waals surface area (Å²) in [6, 6.07) is 1.61. The summed E-state index contributed by atoms with van der Waals surface area (Å²) in [7, 11) is 0. The molecular formula is C8H7Br2NO4S. The maximum Gasteiger partial charge on any atom is 0.334 e. The van der Waals surface area contributed by atoms with E-state index >= 15 is 0 Å². The number of hydrogen-bond donors (Lipinski definition) is 3. The maximum absolute atomic E-state index is 11.5. The van der Waals surface area contributed by atoms with Crippen molar-refractivity contribution in [1.82, 2.24) is 5.32 Å². The number of hydrogen-bond acceptors (Lipinski definition) is 4. The van der Waals surface area contributed by atoms with Crippen LogP contribution in [0.2, 0.25) is 0 Å². The Kier molecular flexibility index (Phi) is 4.90. The van der Waals surface area contributed by atoms with E-state index in [0.29, 0.717) is 9.35 Å². The number of carbonyl (C=O) groups excluding carboxylic acids is 1. The van der Waals surface area contributed by atoms with E-state index in [0.717, 1.165) is 3.79 Å². The number of carboxylic acids is 1. The molecule has 0 aliphatic heterocycles. The Morgan fingerprint density at radius 1 is 1.50 bits per heavy atom. The summed E-state index contributed by atoms with van der Waals surface area (Å²) < 4.78 is 1.42. The SMILES string of the molecule is O=C(NC[C@H](O)C(=O)O)c1cc(Br)sc1Br. The Bertz CT molecular complexity index is 420. The van der Waals surface area contributed by atoms with E-state index in [4.69, 9.17) is 10.2 Å². The van der Waals surface area contributed by atoms with Gasteiger partial charge in [-0.3, -0.25) is 4.79 Å². The fraction of sp³-hybridized carbons (Fsp3) is 0.250. The summed E-state index contributed by atoms with van der Waals surface area (Å²) in [6.45, 7) is -0.325. The highest BCUT2D eigenvalue weighted by Gasteiger charge is 2.17. The maximum atomic E-state index is 11.5. The van der Waals surface area contributed by atoms with Crippen LogP contribution in [0.3, 0.4) is 0 Å². The fourth-order valence-electron chi connectivity index (χ4n) is 0.867. The number of aliphatic hydroxyl groups is 1. The van der Waals surface area contributed by atoms with Gasteiger partial charge in [0.1, 0.15) is 0 Å². The largest absolute Gasteiger partial charge is 0.479 e. The topological polar surface area (TPSA) is 86.6 Å². The van der Waals surface area contributed by atoms with E-state index in [2.05, 4.69) is 37.2 Å². The summed E-state index contributed by atoms with van der Waals surface area (Å²) >= 11 is 7.75. The van der Waals surface area contributed by atoms with Crippen LogP contribution in [0.15, 0.2) is 13.6 Å². The molecule has 1 aromatic heterocycles. The van der Waals surface area contributed by atoms with Gasteiger partial charge in [-0.25, -0.2) is 4.79 Å². The molecule has 0 aromatic carbocycles. The molecule has 3 N–H and O–H groups in total. The predicted molar refractivity (Wildman–Crippen MR) is 65.7 cm³/mol. The molecule has 0 spiro atoms. The predicted octanol–water partition coefficient (Wildman–Crippen LogP) is 1.45. The summed E-state index contributed by atoms with van der Waals surface area (Å²) in [5.74, 6) is -1.81. The zero-order valence-corrected chi connectivity index (χ0v) is 11.7. The van der Waals surface area contributed by atoms with Crippen LogP contribution in [0.5, 0.6) is 0 Å². The first-order valence-corrected chi connectivity index (χ1v) is 6.46. The molecule has 1 aromatic rings. The first-order valence-electron chi connectivity index (χ1n) is 4.05. The van der Waals surface area contributed by atoms with Gasteiger partial charge in [-0.2, -0.15) is 0 Å². The van der Waals surface area contributed by atoms with Crippen molar-refractivity contribution in [2.45, 2.75) is 6.10 Å². The summed E-state index contributed by atoms with van der Waals surface area (Å²) in [5, 5.41) is 19.7. The van der Waals surface area contributed by atoms with E-state index in [1.165, 1.54) is 11.3 Å². The lowest BCUT2D eigenvalue weighted by Crippen LogP contribution is -2.36. The molecule has 0 radical (unpaired) electrons. The minimum atomic E-state index is -1.59. The highest BCUT2D eigenvalue weighted by Crippen LogP contribution is 2.31. The molecule has 0 unspecified atom stereocenters. The second-order valence-corrected chi connectivity index (χ2v) is 6.55. The van der Waals surface area contributed by atoms with Crippen LogP contribution in [0, 0.1) is 0 Å². The number of nitrogens with one attached hydrogen (secondary N) is 1. The average Bonchev–Trinajstić information content (AvgIpc) is 2.53. The van der Waals surface area contributed by atoms with Crippen molar-refractivity contribution in [2.75, 3.05) is 6.54 Å². The van der Waals surface area contributed by atoms with Crippen molar-refractivity contribution in [1.29, 1.82) is 0 Å². The number of halogens is 2. The lowest BCUT2D eigenvalue weighted by Gasteiger charge is -2.06. The van der Waals surface area contributed by atoms with Gasteiger partial charge in [-0.15, -0.1) is 11.3 Å². The molecule has 1 heterocycles. The normalized spacial score (nSPS) is 12.2. The summed E-state index contributed by atoms with van der Waals surface area (Å²) in [5.41, 5.74) is 0.398. The van der Waals surface area contributed by atoms with Gasteiger partial charge in [0, 0.05) is 0 Å². The third-order valence-corrected chi connectivity index (χ3v) is 3.98. The van der Waals surface area contributed by atoms with Gasteiger partial charge < -0.3 is 15.5 Å². The minimum absolute atomic E-state index is 0.325. The van der Waals surface area contributed by atoms with E-state index in [1.54, 1.807) is 6.07 Å². The van der Waals surface area contributed by atoms with E-state index in [1.807, 2.05) is 0 Å². The van der Waals surface area contributed by atoms with Gasteiger partial charge in [0.25, 0.3) is 5.91 Å². The third kappa shape index (κ3) is 3.55. The fourth-order valence-corrected chi connectivity index (χ4v) is 3.66. The second kappa shape index (κ2) is 5.76. The molecule has 0 aliphatic carbocycles. The Labute approximate surface area is 112 Å². The number of aliphatic hydroxyl groups excluding tert-OH is 1. The van der Waals surface area contributed by atoms with Crippen LogP contribution in [0.25, 0.3) is 0 Å². The lowest BCUT2D eigenvalue weighted by molar-refractivity contribution is -0.146. The number of rotatable bonds is 4. The van der Waals surface area contributed by atoms with Gasteiger partial charge >= 0.3 is 5.97 Å². The summed E-state index contributed by atoms with van der Waals surface area (Å²) in [4.78, 5) is 21.8. The molecule has 8 heteroatoms. The van der Waals surface area contributed by atoms with Gasteiger partial charge in [0.2, 0.25) is 0 Å². The summed E-state index contributed by atoms with van der Waals surface area (Å²) in [6.07, 6.45) is -1.59. The van der Waals surface area contributed by atoms with Crippen molar-refractivity contribution in [3.63, 3.8) is 0 Å². The van der Waals surface area contributed by atoms with Gasteiger partial charge in [-0.05, 0) is 37.9 Å². The van der Waals surface area contributed by atoms with Crippen molar-refractivity contribution in [3.8, 4) is 0 Å². The van der Waals surface area contributed by atoms with Crippen LogP contribution >= 0.6 is 43.2 Å². The van der Waals surface area contributed by atoms with Crippen molar-refractivity contribution >= 4 is 55.1 Å². The number of thiophene rings is 1. The van der Waals surface area contributed by atoms with E-state index in [-0.39, 0.29) is 6.54 Å². The first-order chi connectivity index (χ1) is 7.41. The van der Waals surface area contributed by atoms with Crippen molar-refractivity contribution in [2.24, 2.45) is 0 Å². The van der Waals surface area contributed by atoms with Crippen LogP contribution < -0.4 is 5.32 Å². The molecule has 5 nitrogen and oxygen atoms in total. The Balaban J connectivity index is 2.60. The Hall–Kier alpha value is -0.440. The molecule has 1 atom stereocenters. The van der Waals surface area contributed by atoms with Crippen molar-refractivity contribution < 1.29 is 19.8 Å². The van der Waals surface area contributed by atoms with Crippen molar-refractivity contribution in [3.05, 3.63) is 19.2 Å². The average molecular weight is 373 g/mol. The monoisotopic (exact) mass is 371 g/mol. The number of amides is 1. The Morgan fingerprint density at radius 3 is 2.56 bits per heavy atom. The van der Waals surface area contributed by atoms with Crippen LogP contribution in [0.4, 0.5) is 0 Å². The first kappa shape index (κ1) is 13.6. The molecule has 0 aliphatic rings. The van der Waals surface area contributed by atoms with Crippen LogP contribution in [0.1, 0.15) is 10.4 Å². The van der Waals surface area contributed by atoms with E-state index in [9.17, 15) is 9.59 Å². The Morgan fingerprint density at radius 2 is 2.12 bits per heavy atom. The van der Waals surface area contributed by atoms with Gasteiger partial charge in [0.15, 0.2) is 6.10 Å². The molecule has 16 heavy (non-hydrogen) atoms. The smallest absolute Gasteiger partial charge is 0.334 e. The third-order valence-electron chi connectivity index (χ3n) is 1.64. The molecule has 0 saturated heterocycles. The highest BCUT2D eigenvalue weighted by molar-refractivity contribution is 9.12. The standard InChI is InChI=1S/C8H7Br2NO4S/c9-5-1-3(6(10)16-5)7(13)11-2-4(12)8(14)15/h1,4,12H,2H2,(H,11,13)(H,14,15)/t4-/m0/s1. The molecule has 0 saturated carbocycles. The quantitative estimate of drug-likeness (QED) is 0.746. The van der Waals surface area contributed by atoms with Gasteiger partial charge in [0.05, 0.1) is 19.7 Å². The zero-order valence-electron chi connectivity index (χ0n) is 7.74. The molecule has 1 amide bonds. The molecule has 88 valence electrons. The van der Waals surface area contributed by atoms with Crippen LogP contribution in [-0.4, -0.2) is 34.7 Å². The number of aliphatic carboxylic acids is 1. The molecule has 0 bridgehead atoms. The minimum Gasteiger partial charge on any atom is -0.479 e. The van der Waals surface area contributed by atoms with Crippen LogP contribution in [-0.2, 0) is 4.79 Å². The zero-order chi connectivity index (χ0) is 12.3. The molecule has 1 rings (SSSR count). The second-order valence-electron chi connectivity index (χ2n) is 2.80. The molecular weight excluding hydrogens is 366 g/mol. The van der Waals surface area contributed by atoms with Gasteiger partial charge in [-0.1, -0.05) is 0 Å². The number of carboxylic acid groups (broad SMARTS) is 1. The highest BCUT2D eigenvalue weighted by atomic mass is 79.9. The number of carbonyl (C=O) groups is 2. The van der Waals surface area contributed by atoms with E-state index < -0.39 is 18.0 Å². The molecule has 0 fully saturated rings.